The summed E-state index contributed by atoms with van der Waals surface area (Å²) in [5.74, 6) is 0.204. The Labute approximate surface area is 323 Å². The normalized spacial score (nSPS) is 55.5. The summed E-state index contributed by atoms with van der Waals surface area (Å²) in [6.45, 7) is 9.90. The molecular weight excluding hydrogens is 716 g/mol. The molecular formula is C41H64O14. The van der Waals surface area contributed by atoms with E-state index >= 15 is 0 Å². The largest absolute Gasteiger partial charge is 0.458 e. The number of carbonyl (C=O) groups excluding carboxylic acids is 1. The van der Waals surface area contributed by atoms with Crippen LogP contribution in [0.2, 0.25) is 0 Å². The quantitative estimate of drug-likeness (QED) is 0.162. The summed E-state index contributed by atoms with van der Waals surface area (Å²) in [6, 6.07) is 0. The second-order valence-corrected chi connectivity index (χ2v) is 18.8. The smallest absolute Gasteiger partial charge is 0.331 e. The molecule has 14 heteroatoms. The first-order valence-electron chi connectivity index (χ1n) is 20.9. The molecule has 14 nitrogen and oxygen atoms in total. The van der Waals surface area contributed by atoms with Crippen molar-refractivity contribution in [3.63, 3.8) is 0 Å². The Hall–Kier alpha value is -1.27. The standard InChI is InChI=1S/C41H64O14/c1-19-36(47)28(42)15-34(50-19)54-38-21(3)52-35(17-30(38)44)55-37-20(2)51-33(16-29(37)43)53-24-8-10-39(4)23(13-24)6-7-26-27(39)14-31(45)40(5)25(9-11-41(26,40)48)22-12-32(46)49-18-22/h12,19-21,23-31,33-38,42-45,47-48H,6-11,13-18H2,1-5H3/t19-,20-,21-,23?,24?,25+,26?,27?,28+,29+,30+,31?,33+,34?,35?,36-,37?,38?,39?,40?,41?/m1/s1. The molecule has 7 fully saturated rings. The lowest BCUT2D eigenvalue weighted by Gasteiger charge is -2.65. The molecule has 4 aliphatic carbocycles. The number of hydrogen-bond donors (Lipinski definition) is 6. The van der Waals surface area contributed by atoms with Gasteiger partial charge in [0.05, 0.1) is 54.4 Å². The van der Waals surface area contributed by atoms with Crippen LogP contribution in [0.5, 0.6) is 0 Å². The maximum absolute atomic E-state index is 12.6. The lowest BCUT2D eigenvalue weighted by Crippen LogP contribution is -2.67. The third-order valence-corrected chi connectivity index (χ3v) is 16.0. The fourth-order valence-electron chi connectivity index (χ4n) is 12.8. The van der Waals surface area contributed by atoms with Crippen molar-refractivity contribution in [2.24, 2.45) is 34.5 Å². The minimum atomic E-state index is -1.01. The van der Waals surface area contributed by atoms with Crippen molar-refractivity contribution >= 4 is 5.97 Å². The highest BCUT2D eigenvalue weighted by atomic mass is 16.7. The second kappa shape index (κ2) is 15.1. The number of fused-ring (bicyclic) bond motifs is 5. The van der Waals surface area contributed by atoms with E-state index in [1.807, 2.05) is 13.8 Å². The van der Waals surface area contributed by atoms with E-state index in [0.717, 1.165) is 44.1 Å². The minimum absolute atomic E-state index is 0.0452. The van der Waals surface area contributed by atoms with E-state index in [4.69, 9.17) is 33.2 Å². The molecule has 0 spiro atoms. The number of rotatable bonds is 7. The van der Waals surface area contributed by atoms with Crippen molar-refractivity contribution in [1.29, 1.82) is 0 Å². The van der Waals surface area contributed by atoms with Gasteiger partial charge in [-0.15, -0.1) is 0 Å². The van der Waals surface area contributed by atoms with Crippen LogP contribution in [0, 0.1) is 34.5 Å². The molecule has 0 aromatic carbocycles. The average Bonchev–Trinajstić information content (AvgIpc) is 3.67. The van der Waals surface area contributed by atoms with Crippen LogP contribution < -0.4 is 0 Å². The van der Waals surface area contributed by atoms with Crippen molar-refractivity contribution in [3.05, 3.63) is 11.6 Å². The molecule has 3 saturated heterocycles. The highest BCUT2D eigenvalue weighted by Gasteiger charge is 2.71. The van der Waals surface area contributed by atoms with E-state index < -0.39 is 90.9 Å². The predicted molar refractivity (Wildman–Crippen MR) is 193 cm³/mol. The van der Waals surface area contributed by atoms with Gasteiger partial charge in [0.15, 0.2) is 18.9 Å². The van der Waals surface area contributed by atoms with Crippen LogP contribution in [0.1, 0.15) is 105 Å². The van der Waals surface area contributed by atoms with Gasteiger partial charge in [-0.25, -0.2) is 4.79 Å². The summed E-state index contributed by atoms with van der Waals surface area (Å²) in [4.78, 5) is 11.9. The molecule has 12 unspecified atom stereocenters. The average molecular weight is 781 g/mol. The molecule has 0 radical (unpaired) electrons. The Morgan fingerprint density at radius 1 is 0.691 bits per heavy atom. The molecule has 312 valence electrons. The number of cyclic esters (lactones) is 1. The van der Waals surface area contributed by atoms with Crippen LogP contribution in [0.15, 0.2) is 11.6 Å². The Morgan fingerprint density at radius 2 is 1.29 bits per heavy atom. The molecule has 21 atom stereocenters. The molecule has 0 aromatic heterocycles. The Kier molecular flexibility index (Phi) is 11.1. The van der Waals surface area contributed by atoms with Gasteiger partial charge in [-0.05, 0) is 107 Å². The van der Waals surface area contributed by atoms with Crippen LogP contribution >= 0.6 is 0 Å². The number of aliphatic hydroxyl groups is 6. The second-order valence-electron chi connectivity index (χ2n) is 18.8. The van der Waals surface area contributed by atoms with Crippen LogP contribution in [-0.4, -0.2) is 135 Å². The van der Waals surface area contributed by atoms with Crippen molar-refractivity contribution < 1.29 is 68.6 Å². The maximum Gasteiger partial charge on any atom is 0.331 e. The van der Waals surface area contributed by atoms with E-state index in [1.165, 1.54) is 0 Å². The first-order chi connectivity index (χ1) is 26.0. The van der Waals surface area contributed by atoms with Gasteiger partial charge in [-0.2, -0.15) is 0 Å². The molecule has 8 aliphatic rings. The number of ether oxygens (including phenoxy) is 7. The predicted octanol–water partition coefficient (Wildman–Crippen LogP) is 2.22. The number of hydrogen-bond acceptors (Lipinski definition) is 14. The highest BCUT2D eigenvalue weighted by Crippen LogP contribution is 2.70. The highest BCUT2D eigenvalue weighted by molar-refractivity contribution is 5.85. The summed E-state index contributed by atoms with van der Waals surface area (Å²) < 4.78 is 42.1. The first kappa shape index (κ1) is 40.5. The molecule has 0 aromatic rings. The monoisotopic (exact) mass is 780 g/mol. The fraction of sp³-hybridized carbons (Fsp3) is 0.927. The van der Waals surface area contributed by atoms with Gasteiger partial charge in [0.1, 0.15) is 24.9 Å². The van der Waals surface area contributed by atoms with E-state index in [2.05, 4.69) is 6.92 Å². The molecule has 55 heavy (non-hydrogen) atoms. The number of aliphatic hydroxyl groups excluding tert-OH is 5. The third-order valence-electron chi connectivity index (χ3n) is 16.0. The SMILES string of the molecule is C[C@H]1OC(OC2[C@@H](O)C[C@H](OC3CCC4(C)C(CCC5C4CC(O)C4(C)[C@H](C6=CC(=O)OC6)CCC54O)C3)O[C@@H]2C)C[C@H](O)C1OC1C[C@H](O)[C@H](O)[C@@H](C)O1. The summed E-state index contributed by atoms with van der Waals surface area (Å²) >= 11 is 0. The van der Waals surface area contributed by atoms with Crippen LogP contribution in [0.3, 0.4) is 0 Å². The number of carbonyl (C=O) groups is 1. The summed E-state index contributed by atoms with van der Waals surface area (Å²) in [7, 11) is 0. The molecule has 4 heterocycles. The molecule has 8 rings (SSSR count). The third kappa shape index (κ3) is 6.95. The zero-order valence-electron chi connectivity index (χ0n) is 32.9. The molecule has 4 saturated carbocycles. The van der Waals surface area contributed by atoms with Gasteiger partial charge in [0.25, 0.3) is 0 Å². The summed E-state index contributed by atoms with van der Waals surface area (Å²) in [5.41, 5.74) is -0.892. The van der Waals surface area contributed by atoms with Gasteiger partial charge in [0, 0.05) is 30.8 Å². The van der Waals surface area contributed by atoms with E-state index in [0.29, 0.717) is 18.8 Å². The van der Waals surface area contributed by atoms with Crippen LogP contribution in [-0.2, 0) is 38.0 Å². The van der Waals surface area contributed by atoms with Crippen LogP contribution in [0.25, 0.3) is 0 Å². The Bertz CT molecular complexity index is 1410. The van der Waals surface area contributed by atoms with Crippen molar-refractivity contribution in [2.45, 2.75) is 197 Å². The lowest BCUT2D eigenvalue weighted by atomic mass is 9.42. The zero-order valence-corrected chi connectivity index (χ0v) is 32.9. The molecule has 6 N–H and O–H groups in total. The summed E-state index contributed by atoms with van der Waals surface area (Å²) in [6.07, 6.45) is -1.51. The van der Waals surface area contributed by atoms with Crippen molar-refractivity contribution in [2.75, 3.05) is 6.61 Å². The zero-order chi connectivity index (χ0) is 39.2. The van der Waals surface area contributed by atoms with Crippen molar-refractivity contribution in [1.82, 2.24) is 0 Å². The van der Waals surface area contributed by atoms with E-state index in [9.17, 15) is 35.4 Å². The van der Waals surface area contributed by atoms with E-state index in [1.54, 1.807) is 19.9 Å². The molecule has 0 amide bonds. The summed E-state index contributed by atoms with van der Waals surface area (Å²) in [5, 5.41) is 66.9. The number of esters is 1. The van der Waals surface area contributed by atoms with E-state index in [-0.39, 0.29) is 61.1 Å². The Balaban J connectivity index is 0.837. The Morgan fingerprint density at radius 3 is 1.87 bits per heavy atom. The minimum Gasteiger partial charge on any atom is -0.458 e. The van der Waals surface area contributed by atoms with Gasteiger partial charge < -0.3 is 63.8 Å². The molecule has 0 bridgehead atoms. The van der Waals surface area contributed by atoms with Crippen molar-refractivity contribution in [3.8, 4) is 0 Å². The van der Waals surface area contributed by atoms with Gasteiger partial charge in [-0.3, -0.25) is 0 Å². The topological polar surface area (TPSA) is 203 Å². The fourth-order valence-corrected chi connectivity index (χ4v) is 12.8. The van der Waals surface area contributed by atoms with Gasteiger partial charge in [-0.1, -0.05) is 13.8 Å². The van der Waals surface area contributed by atoms with Gasteiger partial charge in [0.2, 0.25) is 0 Å². The van der Waals surface area contributed by atoms with Gasteiger partial charge >= 0.3 is 5.97 Å². The maximum atomic E-state index is 12.6. The lowest BCUT2D eigenvalue weighted by molar-refractivity contribution is -0.336. The van der Waals surface area contributed by atoms with Crippen LogP contribution in [0.4, 0.5) is 0 Å². The molecule has 4 aliphatic heterocycles. The first-order valence-corrected chi connectivity index (χ1v) is 20.9.